The highest BCUT2D eigenvalue weighted by molar-refractivity contribution is 5.70. The predicted molar refractivity (Wildman–Crippen MR) is 77.2 cm³/mol. The first-order valence-corrected chi connectivity index (χ1v) is 6.42. The Balaban J connectivity index is 1.79. The summed E-state index contributed by atoms with van der Waals surface area (Å²) in [5, 5.41) is 2.71. The van der Waals surface area contributed by atoms with Crippen LogP contribution in [-0.4, -0.2) is 19.7 Å². The summed E-state index contributed by atoms with van der Waals surface area (Å²) in [6, 6.07) is 16.7. The van der Waals surface area contributed by atoms with Crippen molar-refractivity contribution in [2.75, 3.05) is 13.7 Å². The second-order valence-electron chi connectivity index (χ2n) is 4.19. The van der Waals surface area contributed by atoms with Crippen molar-refractivity contribution in [3.63, 3.8) is 0 Å². The number of ether oxygens (including phenoxy) is 2. The molecule has 2 aromatic rings. The SMILES string of the molecule is COc1ccccc1CCNC(=O)Oc1ccccc1. The third-order valence-electron chi connectivity index (χ3n) is 2.81. The van der Waals surface area contributed by atoms with Gasteiger partial charge < -0.3 is 14.8 Å². The van der Waals surface area contributed by atoms with Crippen LogP contribution in [0.3, 0.4) is 0 Å². The van der Waals surface area contributed by atoms with Crippen molar-refractivity contribution in [1.29, 1.82) is 0 Å². The zero-order chi connectivity index (χ0) is 14.2. The Kier molecular flexibility index (Phi) is 5.00. The molecule has 0 aliphatic carbocycles. The van der Waals surface area contributed by atoms with Crippen LogP contribution in [0.25, 0.3) is 0 Å². The van der Waals surface area contributed by atoms with Crippen LogP contribution >= 0.6 is 0 Å². The molecule has 0 unspecified atom stereocenters. The largest absolute Gasteiger partial charge is 0.496 e. The average molecular weight is 271 g/mol. The number of methoxy groups -OCH3 is 1. The second kappa shape index (κ2) is 7.19. The summed E-state index contributed by atoms with van der Waals surface area (Å²) in [4.78, 5) is 11.6. The minimum atomic E-state index is -0.453. The molecule has 4 nitrogen and oxygen atoms in total. The molecule has 2 aromatic carbocycles. The topological polar surface area (TPSA) is 47.6 Å². The molecule has 20 heavy (non-hydrogen) atoms. The Labute approximate surface area is 118 Å². The molecule has 1 N–H and O–H groups in total. The normalized spacial score (nSPS) is 9.85. The van der Waals surface area contributed by atoms with Gasteiger partial charge in [-0.3, -0.25) is 0 Å². The van der Waals surface area contributed by atoms with E-state index in [1.807, 2.05) is 42.5 Å². The highest BCUT2D eigenvalue weighted by Gasteiger charge is 2.05. The molecule has 4 heteroatoms. The highest BCUT2D eigenvalue weighted by atomic mass is 16.6. The Morgan fingerprint density at radius 1 is 1.05 bits per heavy atom. The molecule has 0 bridgehead atoms. The van der Waals surface area contributed by atoms with Crippen LogP contribution < -0.4 is 14.8 Å². The number of nitrogens with one attached hydrogen (secondary N) is 1. The fraction of sp³-hybridized carbons (Fsp3) is 0.188. The third-order valence-corrected chi connectivity index (χ3v) is 2.81. The standard InChI is InChI=1S/C16H17NO3/c1-19-15-10-6-5-7-13(15)11-12-17-16(18)20-14-8-3-2-4-9-14/h2-10H,11-12H2,1H3,(H,17,18). The summed E-state index contributed by atoms with van der Waals surface area (Å²) in [5.74, 6) is 1.35. The number of hydrogen-bond acceptors (Lipinski definition) is 3. The molecule has 104 valence electrons. The van der Waals surface area contributed by atoms with E-state index in [0.29, 0.717) is 18.7 Å². The predicted octanol–water partition coefficient (Wildman–Crippen LogP) is 3.03. The average Bonchev–Trinajstić information content (AvgIpc) is 2.49. The maximum absolute atomic E-state index is 11.6. The van der Waals surface area contributed by atoms with Gasteiger partial charge in [0.1, 0.15) is 11.5 Å². The van der Waals surface area contributed by atoms with Gasteiger partial charge in [0, 0.05) is 6.54 Å². The molecule has 0 fully saturated rings. The summed E-state index contributed by atoms with van der Waals surface area (Å²) < 4.78 is 10.4. The van der Waals surface area contributed by atoms with Crippen LogP contribution in [0.5, 0.6) is 11.5 Å². The zero-order valence-electron chi connectivity index (χ0n) is 11.3. The summed E-state index contributed by atoms with van der Waals surface area (Å²) in [6.45, 7) is 0.492. The fourth-order valence-electron chi connectivity index (χ4n) is 1.84. The van der Waals surface area contributed by atoms with Gasteiger partial charge in [0.25, 0.3) is 0 Å². The van der Waals surface area contributed by atoms with E-state index >= 15 is 0 Å². The lowest BCUT2D eigenvalue weighted by Crippen LogP contribution is -2.28. The Morgan fingerprint density at radius 3 is 2.50 bits per heavy atom. The van der Waals surface area contributed by atoms with Gasteiger partial charge in [-0.1, -0.05) is 36.4 Å². The van der Waals surface area contributed by atoms with E-state index in [9.17, 15) is 4.79 Å². The van der Waals surface area contributed by atoms with E-state index in [0.717, 1.165) is 11.3 Å². The molecular weight excluding hydrogens is 254 g/mol. The summed E-state index contributed by atoms with van der Waals surface area (Å²) in [7, 11) is 1.63. The van der Waals surface area contributed by atoms with E-state index in [4.69, 9.17) is 9.47 Å². The quantitative estimate of drug-likeness (QED) is 0.909. The van der Waals surface area contributed by atoms with E-state index in [-0.39, 0.29) is 0 Å². The molecule has 0 radical (unpaired) electrons. The summed E-state index contributed by atoms with van der Waals surface area (Å²) in [6.07, 6.45) is 0.236. The lowest BCUT2D eigenvalue weighted by atomic mass is 10.1. The molecule has 0 heterocycles. The van der Waals surface area contributed by atoms with E-state index in [2.05, 4.69) is 5.32 Å². The van der Waals surface area contributed by atoms with Gasteiger partial charge in [-0.2, -0.15) is 0 Å². The van der Waals surface area contributed by atoms with E-state index in [1.54, 1.807) is 19.2 Å². The fourth-order valence-corrected chi connectivity index (χ4v) is 1.84. The van der Waals surface area contributed by atoms with Crippen LogP contribution in [-0.2, 0) is 6.42 Å². The van der Waals surface area contributed by atoms with E-state index in [1.165, 1.54) is 0 Å². The number of amides is 1. The molecule has 0 aliphatic rings. The first-order chi connectivity index (χ1) is 9.79. The molecule has 0 aromatic heterocycles. The van der Waals surface area contributed by atoms with Crippen molar-refractivity contribution in [2.24, 2.45) is 0 Å². The van der Waals surface area contributed by atoms with Gasteiger partial charge in [0.05, 0.1) is 7.11 Å². The number of benzene rings is 2. The molecule has 1 amide bonds. The maximum Gasteiger partial charge on any atom is 0.412 e. The van der Waals surface area contributed by atoms with Gasteiger partial charge in [-0.25, -0.2) is 4.79 Å². The highest BCUT2D eigenvalue weighted by Crippen LogP contribution is 2.17. The first-order valence-electron chi connectivity index (χ1n) is 6.42. The van der Waals surface area contributed by atoms with E-state index < -0.39 is 6.09 Å². The van der Waals surface area contributed by atoms with Gasteiger partial charge in [-0.15, -0.1) is 0 Å². The number of para-hydroxylation sites is 2. The van der Waals surface area contributed by atoms with Crippen molar-refractivity contribution in [1.82, 2.24) is 5.32 Å². The van der Waals surface area contributed by atoms with Crippen molar-refractivity contribution in [3.8, 4) is 11.5 Å². The summed E-state index contributed by atoms with van der Waals surface area (Å²) in [5.41, 5.74) is 1.05. The number of carbonyl (C=O) groups excluding carboxylic acids is 1. The molecule has 2 rings (SSSR count). The molecular formula is C16H17NO3. The lowest BCUT2D eigenvalue weighted by Gasteiger charge is -2.09. The number of hydrogen-bond donors (Lipinski definition) is 1. The van der Waals surface area contributed by atoms with Crippen molar-refractivity contribution < 1.29 is 14.3 Å². The summed E-state index contributed by atoms with van der Waals surface area (Å²) >= 11 is 0. The van der Waals surface area contributed by atoms with Crippen LogP contribution in [0.1, 0.15) is 5.56 Å². The molecule has 0 aliphatic heterocycles. The van der Waals surface area contributed by atoms with Gasteiger partial charge in [0.15, 0.2) is 0 Å². The zero-order valence-corrected chi connectivity index (χ0v) is 11.3. The minimum Gasteiger partial charge on any atom is -0.496 e. The first kappa shape index (κ1) is 13.9. The minimum absolute atomic E-state index is 0.453. The van der Waals surface area contributed by atoms with Crippen LogP contribution in [0.4, 0.5) is 4.79 Å². The lowest BCUT2D eigenvalue weighted by molar-refractivity contribution is 0.200. The second-order valence-corrected chi connectivity index (χ2v) is 4.19. The number of rotatable bonds is 5. The van der Waals surface area contributed by atoms with Crippen LogP contribution in [0.15, 0.2) is 54.6 Å². The Morgan fingerprint density at radius 2 is 1.75 bits per heavy atom. The maximum atomic E-state index is 11.6. The van der Waals surface area contributed by atoms with Crippen molar-refractivity contribution in [3.05, 3.63) is 60.2 Å². The molecule has 0 spiro atoms. The van der Waals surface area contributed by atoms with Crippen molar-refractivity contribution >= 4 is 6.09 Å². The molecule has 0 atom stereocenters. The smallest absolute Gasteiger partial charge is 0.412 e. The monoisotopic (exact) mass is 271 g/mol. The van der Waals surface area contributed by atoms with Gasteiger partial charge in [0.2, 0.25) is 0 Å². The number of carbonyl (C=O) groups is 1. The Hall–Kier alpha value is -2.49. The Bertz CT molecular complexity index is 555. The van der Waals surface area contributed by atoms with Crippen LogP contribution in [0.2, 0.25) is 0 Å². The molecule has 0 saturated carbocycles. The van der Waals surface area contributed by atoms with Crippen LogP contribution in [0, 0.1) is 0 Å². The molecule has 0 saturated heterocycles. The van der Waals surface area contributed by atoms with Crippen molar-refractivity contribution in [2.45, 2.75) is 6.42 Å². The van der Waals surface area contributed by atoms with Gasteiger partial charge >= 0.3 is 6.09 Å². The third kappa shape index (κ3) is 4.02. The van der Waals surface area contributed by atoms with Gasteiger partial charge in [-0.05, 0) is 30.2 Å².